The SMILES string of the molecule is Cc1nnc(C(C)C)n1[C@@H]1C[C@H]2CC[C@@H](C1)N2CC[C@H](NC(=O)Cn1ncnn1)c1cccs1. The van der Waals surface area contributed by atoms with Crippen molar-refractivity contribution in [2.45, 2.75) is 89.5 Å². The molecule has 3 aromatic rings. The van der Waals surface area contributed by atoms with Crippen molar-refractivity contribution in [2.24, 2.45) is 0 Å². The highest BCUT2D eigenvalue weighted by Gasteiger charge is 2.42. The van der Waals surface area contributed by atoms with Crippen molar-refractivity contribution < 1.29 is 4.79 Å². The summed E-state index contributed by atoms with van der Waals surface area (Å²) in [4.78, 5) is 17.8. The number of thiophene rings is 1. The molecule has 2 saturated heterocycles. The molecule has 2 aliphatic heterocycles. The zero-order chi connectivity index (χ0) is 23.7. The van der Waals surface area contributed by atoms with Gasteiger partial charge in [-0.3, -0.25) is 9.69 Å². The van der Waals surface area contributed by atoms with Crippen LogP contribution in [0, 0.1) is 6.92 Å². The van der Waals surface area contributed by atoms with Gasteiger partial charge in [0.2, 0.25) is 5.91 Å². The minimum absolute atomic E-state index is 0.0132. The number of aromatic nitrogens is 7. The van der Waals surface area contributed by atoms with Gasteiger partial charge < -0.3 is 9.88 Å². The van der Waals surface area contributed by atoms with E-state index in [4.69, 9.17) is 0 Å². The summed E-state index contributed by atoms with van der Waals surface area (Å²) in [6.07, 6.45) is 7.00. The quantitative estimate of drug-likeness (QED) is 0.499. The van der Waals surface area contributed by atoms with Crippen molar-refractivity contribution in [2.75, 3.05) is 6.54 Å². The second-order valence-corrected chi connectivity index (χ2v) is 10.7. The number of carbonyl (C=O) groups is 1. The van der Waals surface area contributed by atoms with E-state index in [1.807, 2.05) is 6.07 Å². The molecule has 1 N–H and O–H groups in total. The van der Waals surface area contributed by atoms with Gasteiger partial charge in [-0.2, -0.15) is 4.80 Å². The van der Waals surface area contributed by atoms with Crippen LogP contribution in [0.1, 0.15) is 80.5 Å². The van der Waals surface area contributed by atoms with Crippen LogP contribution in [0.5, 0.6) is 0 Å². The predicted molar refractivity (Wildman–Crippen MR) is 128 cm³/mol. The fourth-order valence-corrected chi connectivity index (χ4v) is 6.55. The Bertz CT molecular complexity index is 1060. The number of carbonyl (C=O) groups excluding carboxylic acids is 1. The van der Waals surface area contributed by atoms with Gasteiger partial charge in [0.15, 0.2) is 6.33 Å². The van der Waals surface area contributed by atoms with Crippen LogP contribution in [0.15, 0.2) is 23.8 Å². The van der Waals surface area contributed by atoms with Gasteiger partial charge in [-0.05, 0) is 55.7 Å². The van der Waals surface area contributed by atoms with Gasteiger partial charge in [0.25, 0.3) is 0 Å². The van der Waals surface area contributed by atoms with E-state index in [1.165, 1.54) is 28.8 Å². The van der Waals surface area contributed by atoms with E-state index in [2.05, 4.69) is 72.6 Å². The lowest BCUT2D eigenvalue weighted by Crippen LogP contribution is -2.45. The van der Waals surface area contributed by atoms with E-state index in [-0.39, 0.29) is 18.5 Å². The van der Waals surface area contributed by atoms with Crippen LogP contribution in [0.2, 0.25) is 0 Å². The van der Waals surface area contributed by atoms with Gasteiger partial charge in [-0.25, -0.2) is 0 Å². The largest absolute Gasteiger partial charge is 0.347 e. The zero-order valence-electron chi connectivity index (χ0n) is 20.0. The molecule has 0 unspecified atom stereocenters. The molecule has 0 saturated carbocycles. The van der Waals surface area contributed by atoms with E-state index >= 15 is 0 Å². The number of amides is 1. The van der Waals surface area contributed by atoms with E-state index in [9.17, 15) is 4.79 Å². The summed E-state index contributed by atoms with van der Waals surface area (Å²) in [5, 5.41) is 25.5. The maximum Gasteiger partial charge on any atom is 0.244 e. The van der Waals surface area contributed by atoms with E-state index in [0.717, 1.165) is 37.5 Å². The first-order valence-corrected chi connectivity index (χ1v) is 13.1. The second-order valence-electron chi connectivity index (χ2n) is 9.77. The van der Waals surface area contributed by atoms with Crippen LogP contribution in [0.3, 0.4) is 0 Å². The molecular formula is C23H33N9OS. The third-order valence-electron chi connectivity index (χ3n) is 7.21. The molecule has 11 heteroatoms. The van der Waals surface area contributed by atoms with Gasteiger partial charge in [-0.15, -0.1) is 31.7 Å². The lowest BCUT2D eigenvalue weighted by Gasteiger charge is -2.40. The Balaban J connectivity index is 1.23. The fraction of sp³-hybridized carbons (Fsp3) is 0.652. The summed E-state index contributed by atoms with van der Waals surface area (Å²) in [5.74, 6) is 2.42. The molecule has 5 rings (SSSR count). The van der Waals surface area contributed by atoms with Gasteiger partial charge in [0, 0.05) is 35.5 Å². The maximum atomic E-state index is 12.6. The van der Waals surface area contributed by atoms with E-state index in [1.54, 1.807) is 11.3 Å². The Morgan fingerprint density at radius 2 is 2.00 bits per heavy atom. The van der Waals surface area contributed by atoms with Gasteiger partial charge >= 0.3 is 0 Å². The minimum atomic E-state index is -0.0950. The third kappa shape index (κ3) is 4.76. The molecular weight excluding hydrogens is 450 g/mol. The number of rotatable bonds is 9. The van der Waals surface area contributed by atoms with E-state index in [0.29, 0.717) is 24.0 Å². The number of hydrogen-bond acceptors (Lipinski definition) is 8. The average molecular weight is 484 g/mol. The van der Waals surface area contributed by atoms with Crippen LogP contribution in [-0.2, 0) is 11.3 Å². The van der Waals surface area contributed by atoms with Crippen LogP contribution in [-0.4, -0.2) is 64.4 Å². The first-order chi connectivity index (χ1) is 16.5. The molecule has 2 aliphatic rings. The number of aryl methyl sites for hydroxylation is 1. The molecule has 182 valence electrons. The first-order valence-electron chi connectivity index (χ1n) is 12.2. The van der Waals surface area contributed by atoms with Crippen LogP contribution >= 0.6 is 11.3 Å². The summed E-state index contributed by atoms with van der Waals surface area (Å²) >= 11 is 1.69. The van der Waals surface area contributed by atoms with Gasteiger partial charge in [-0.1, -0.05) is 19.9 Å². The molecule has 0 aromatic carbocycles. The summed E-state index contributed by atoms with van der Waals surface area (Å²) in [5.41, 5.74) is 0. The molecule has 0 radical (unpaired) electrons. The molecule has 10 nitrogen and oxygen atoms in total. The smallest absolute Gasteiger partial charge is 0.244 e. The Hall–Kier alpha value is -2.66. The normalized spacial score (nSPS) is 23.5. The summed E-state index contributed by atoms with van der Waals surface area (Å²) in [6, 6.07) is 5.76. The topological polar surface area (TPSA) is 107 Å². The van der Waals surface area contributed by atoms with Crippen LogP contribution in [0.4, 0.5) is 0 Å². The molecule has 0 spiro atoms. The summed E-state index contributed by atoms with van der Waals surface area (Å²) in [7, 11) is 0. The first kappa shape index (κ1) is 23.1. The fourth-order valence-electron chi connectivity index (χ4n) is 5.73. The molecule has 2 bridgehead atoms. The summed E-state index contributed by atoms with van der Waals surface area (Å²) in [6.45, 7) is 7.53. The van der Waals surface area contributed by atoms with Crippen molar-refractivity contribution in [1.29, 1.82) is 0 Å². The second kappa shape index (κ2) is 9.91. The lowest BCUT2D eigenvalue weighted by molar-refractivity contribution is -0.122. The van der Waals surface area contributed by atoms with Crippen molar-refractivity contribution in [1.82, 2.24) is 45.2 Å². The monoisotopic (exact) mass is 483 g/mol. The third-order valence-corrected chi connectivity index (χ3v) is 8.19. The summed E-state index contributed by atoms with van der Waals surface area (Å²) < 4.78 is 2.40. The van der Waals surface area contributed by atoms with Crippen molar-refractivity contribution >= 4 is 17.2 Å². The highest BCUT2D eigenvalue weighted by atomic mass is 32.1. The Kier molecular flexibility index (Phi) is 6.73. The van der Waals surface area contributed by atoms with Crippen molar-refractivity contribution in [3.8, 4) is 0 Å². The number of hydrogen-bond donors (Lipinski definition) is 1. The molecule has 5 heterocycles. The zero-order valence-corrected chi connectivity index (χ0v) is 20.9. The van der Waals surface area contributed by atoms with Crippen LogP contribution in [0.25, 0.3) is 0 Å². The molecule has 4 atom stereocenters. The van der Waals surface area contributed by atoms with Crippen molar-refractivity contribution in [3.63, 3.8) is 0 Å². The molecule has 34 heavy (non-hydrogen) atoms. The molecule has 2 fully saturated rings. The standard InChI is InChI=1S/C23H33N9OS/c1-15(2)23-28-27-16(3)32(23)19-11-17-6-7-18(12-19)30(17)9-8-20(21-5-4-10-34-21)26-22(33)13-31-25-14-24-29-31/h4-5,10,14-15,17-20H,6-9,11-13H2,1-3H3,(H,26,33)/t17-,18+,19-,20-/m0/s1. The highest BCUT2D eigenvalue weighted by Crippen LogP contribution is 2.42. The highest BCUT2D eigenvalue weighted by molar-refractivity contribution is 7.10. The van der Waals surface area contributed by atoms with Gasteiger partial charge in [0.1, 0.15) is 18.2 Å². The Morgan fingerprint density at radius 1 is 1.21 bits per heavy atom. The molecule has 0 aliphatic carbocycles. The number of fused-ring (bicyclic) bond motifs is 2. The Labute approximate surface area is 203 Å². The average Bonchev–Trinajstić information content (AvgIpc) is 3.60. The Morgan fingerprint density at radius 3 is 2.65 bits per heavy atom. The van der Waals surface area contributed by atoms with Gasteiger partial charge in [0.05, 0.1) is 6.04 Å². The number of nitrogens with zero attached hydrogens (tertiary/aromatic N) is 8. The number of nitrogens with one attached hydrogen (secondary N) is 1. The maximum absolute atomic E-state index is 12.6. The minimum Gasteiger partial charge on any atom is -0.347 e. The van der Waals surface area contributed by atoms with Crippen LogP contribution < -0.4 is 5.32 Å². The number of tetrazole rings is 1. The molecule has 3 aromatic heterocycles. The van der Waals surface area contributed by atoms with E-state index < -0.39 is 0 Å². The van der Waals surface area contributed by atoms with Crippen molar-refractivity contribution in [3.05, 3.63) is 40.4 Å². The lowest BCUT2D eigenvalue weighted by atomic mass is 9.95. The number of piperidine rings is 1. The molecule has 1 amide bonds. The predicted octanol–water partition coefficient (Wildman–Crippen LogP) is 2.87.